The molecule has 1 aliphatic carbocycles. The van der Waals surface area contributed by atoms with Gasteiger partial charge in [0.15, 0.2) is 5.78 Å². The number of ketones is 1. The summed E-state index contributed by atoms with van der Waals surface area (Å²) in [6, 6.07) is 5.46. The Bertz CT molecular complexity index is 470. The maximum Gasteiger partial charge on any atom is 0.307 e. The highest BCUT2D eigenvalue weighted by molar-refractivity contribution is 5.99. The molecular formula is C14H15FO3. The molecule has 2 rings (SSSR count). The number of carbonyl (C=O) groups excluding carboxylic acids is 1. The van der Waals surface area contributed by atoms with E-state index >= 15 is 0 Å². The van der Waals surface area contributed by atoms with Gasteiger partial charge in [-0.15, -0.1) is 0 Å². The normalized spacial score (nSPS) is 23.6. The van der Waals surface area contributed by atoms with Crippen molar-refractivity contribution in [3.63, 3.8) is 0 Å². The Kier molecular flexibility index (Phi) is 3.75. The van der Waals surface area contributed by atoms with Crippen molar-refractivity contribution >= 4 is 11.8 Å². The lowest BCUT2D eigenvalue weighted by Crippen LogP contribution is -2.32. The molecule has 18 heavy (non-hydrogen) atoms. The van der Waals surface area contributed by atoms with Crippen LogP contribution in [0, 0.1) is 17.7 Å². The minimum atomic E-state index is -0.926. The van der Waals surface area contributed by atoms with Crippen molar-refractivity contribution in [2.75, 3.05) is 0 Å². The number of rotatable bonds is 3. The Labute approximate surface area is 105 Å². The van der Waals surface area contributed by atoms with E-state index in [1.807, 2.05) is 0 Å². The number of benzene rings is 1. The molecule has 1 aromatic rings. The van der Waals surface area contributed by atoms with E-state index in [-0.39, 0.29) is 11.3 Å². The smallest absolute Gasteiger partial charge is 0.307 e. The van der Waals surface area contributed by atoms with Gasteiger partial charge < -0.3 is 5.11 Å². The molecule has 1 aromatic carbocycles. The molecule has 3 nitrogen and oxygen atoms in total. The van der Waals surface area contributed by atoms with Crippen LogP contribution in [0.3, 0.4) is 0 Å². The molecule has 0 radical (unpaired) electrons. The first-order valence-electron chi connectivity index (χ1n) is 6.12. The first kappa shape index (κ1) is 12.7. The summed E-state index contributed by atoms with van der Waals surface area (Å²) in [5.74, 6) is -2.79. The Balaban J connectivity index is 2.23. The van der Waals surface area contributed by atoms with Crippen molar-refractivity contribution in [1.29, 1.82) is 0 Å². The maximum atomic E-state index is 13.1. The van der Waals surface area contributed by atoms with E-state index in [0.29, 0.717) is 12.8 Å². The number of hydrogen-bond donors (Lipinski definition) is 1. The number of carboxylic acids is 1. The van der Waals surface area contributed by atoms with E-state index in [4.69, 9.17) is 5.11 Å². The van der Waals surface area contributed by atoms with E-state index in [9.17, 15) is 14.0 Å². The summed E-state index contributed by atoms with van der Waals surface area (Å²) in [6.07, 6.45) is 2.80. The molecule has 0 spiro atoms. The predicted octanol–water partition coefficient (Wildman–Crippen LogP) is 2.90. The first-order chi connectivity index (χ1) is 8.59. The van der Waals surface area contributed by atoms with Crippen molar-refractivity contribution < 1.29 is 19.1 Å². The van der Waals surface area contributed by atoms with E-state index in [2.05, 4.69) is 0 Å². The Hall–Kier alpha value is -1.71. The molecule has 0 aromatic heterocycles. The van der Waals surface area contributed by atoms with Gasteiger partial charge >= 0.3 is 5.97 Å². The van der Waals surface area contributed by atoms with Crippen LogP contribution in [-0.2, 0) is 4.79 Å². The van der Waals surface area contributed by atoms with Gasteiger partial charge in [-0.05, 0) is 25.0 Å². The van der Waals surface area contributed by atoms with Crippen molar-refractivity contribution in [1.82, 2.24) is 0 Å². The van der Waals surface area contributed by atoms with Crippen molar-refractivity contribution in [3.8, 4) is 0 Å². The summed E-state index contributed by atoms with van der Waals surface area (Å²) in [4.78, 5) is 23.4. The second kappa shape index (κ2) is 5.29. The SMILES string of the molecule is O=C(O)[C@H]1CCCC[C@H]1C(=O)c1cccc(F)c1. The van der Waals surface area contributed by atoms with Gasteiger partial charge in [-0.2, -0.15) is 0 Å². The number of halogens is 1. The zero-order chi connectivity index (χ0) is 13.1. The zero-order valence-corrected chi connectivity index (χ0v) is 9.93. The third-order valence-corrected chi connectivity index (χ3v) is 3.53. The van der Waals surface area contributed by atoms with Crippen LogP contribution in [0.1, 0.15) is 36.0 Å². The lowest BCUT2D eigenvalue weighted by Gasteiger charge is -2.27. The van der Waals surface area contributed by atoms with Crippen LogP contribution >= 0.6 is 0 Å². The van der Waals surface area contributed by atoms with Crippen LogP contribution in [0.5, 0.6) is 0 Å². The second-order valence-electron chi connectivity index (χ2n) is 4.71. The molecule has 4 heteroatoms. The average molecular weight is 250 g/mol. The fraction of sp³-hybridized carbons (Fsp3) is 0.429. The summed E-state index contributed by atoms with van der Waals surface area (Å²) >= 11 is 0. The number of Topliss-reactive ketones (excluding diaryl/α,β-unsaturated/α-hetero) is 1. The minimum absolute atomic E-state index is 0.249. The summed E-state index contributed by atoms with van der Waals surface area (Å²) < 4.78 is 13.1. The van der Waals surface area contributed by atoms with Gasteiger partial charge in [-0.3, -0.25) is 9.59 Å². The molecule has 2 atom stereocenters. The van der Waals surface area contributed by atoms with Crippen molar-refractivity contribution in [2.45, 2.75) is 25.7 Å². The maximum absolute atomic E-state index is 13.1. The van der Waals surface area contributed by atoms with Gasteiger partial charge in [0.25, 0.3) is 0 Å². The van der Waals surface area contributed by atoms with E-state index in [1.165, 1.54) is 18.2 Å². The van der Waals surface area contributed by atoms with Crippen LogP contribution in [0.15, 0.2) is 24.3 Å². The molecule has 0 bridgehead atoms. The largest absolute Gasteiger partial charge is 0.481 e. The monoisotopic (exact) mass is 250 g/mol. The second-order valence-corrected chi connectivity index (χ2v) is 4.71. The lowest BCUT2D eigenvalue weighted by molar-refractivity contribution is -0.144. The molecule has 0 aliphatic heterocycles. The van der Waals surface area contributed by atoms with E-state index in [1.54, 1.807) is 6.07 Å². The summed E-state index contributed by atoms with van der Waals surface area (Å²) in [5, 5.41) is 9.13. The minimum Gasteiger partial charge on any atom is -0.481 e. The van der Waals surface area contributed by atoms with Gasteiger partial charge in [0.2, 0.25) is 0 Å². The van der Waals surface area contributed by atoms with E-state index in [0.717, 1.165) is 12.8 Å². The standard InChI is InChI=1S/C14H15FO3/c15-10-5-3-4-9(8-10)13(16)11-6-1-2-7-12(11)14(17)18/h3-5,8,11-12H,1-2,6-7H2,(H,17,18)/t11-,12+/m1/s1. The fourth-order valence-electron chi connectivity index (χ4n) is 2.60. The van der Waals surface area contributed by atoms with Gasteiger partial charge in [-0.1, -0.05) is 25.0 Å². The number of aliphatic carboxylic acids is 1. The number of carboxylic acid groups (broad SMARTS) is 1. The van der Waals surface area contributed by atoms with Crippen LogP contribution in [0.25, 0.3) is 0 Å². The molecule has 0 heterocycles. The third-order valence-electron chi connectivity index (χ3n) is 3.53. The zero-order valence-electron chi connectivity index (χ0n) is 9.93. The summed E-state index contributed by atoms with van der Waals surface area (Å²) in [5.41, 5.74) is 0.271. The molecule has 0 amide bonds. The van der Waals surface area contributed by atoms with Gasteiger partial charge in [0.1, 0.15) is 5.82 Å². The molecule has 96 valence electrons. The molecular weight excluding hydrogens is 235 g/mol. The summed E-state index contributed by atoms with van der Waals surface area (Å²) in [6.45, 7) is 0. The van der Waals surface area contributed by atoms with Crippen LogP contribution in [0.2, 0.25) is 0 Å². The molecule has 0 unspecified atom stereocenters. The molecule has 1 saturated carbocycles. The van der Waals surface area contributed by atoms with Gasteiger partial charge in [0.05, 0.1) is 5.92 Å². The Morgan fingerprint density at radius 1 is 1.17 bits per heavy atom. The Morgan fingerprint density at radius 3 is 2.44 bits per heavy atom. The van der Waals surface area contributed by atoms with Gasteiger partial charge in [-0.25, -0.2) is 4.39 Å². The average Bonchev–Trinajstić information content (AvgIpc) is 2.38. The molecule has 1 fully saturated rings. The number of carbonyl (C=O) groups is 2. The van der Waals surface area contributed by atoms with Crippen LogP contribution in [-0.4, -0.2) is 16.9 Å². The molecule has 1 N–H and O–H groups in total. The lowest BCUT2D eigenvalue weighted by atomic mass is 9.75. The van der Waals surface area contributed by atoms with Crippen molar-refractivity contribution in [2.24, 2.45) is 11.8 Å². The highest BCUT2D eigenvalue weighted by Crippen LogP contribution is 2.32. The Morgan fingerprint density at radius 2 is 1.83 bits per heavy atom. The molecule has 0 saturated heterocycles. The van der Waals surface area contributed by atoms with Gasteiger partial charge in [0, 0.05) is 11.5 Å². The highest BCUT2D eigenvalue weighted by atomic mass is 19.1. The third kappa shape index (κ3) is 2.58. The van der Waals surface area contributed by atoms with Crippen molar-refractivity contribution in [3.05, 3.63) is 35.6 Å². The highest BCUT2D eigenvalue weighted by Gasteiger charge is 2.35. The first-order valence-corrected chi connectivity index (χ1v) is 6.12. The quantitative estimate of drug-likeness (QED) is 0.839. The summed E-state index contributed by atoms with van der Waals surface area (Å²) in [7, 11) is 0. The number of hydrogen-bond acceptors (Lipinski definition) is 2. The topological polar surface area (TPSA) is 54.4 Å². The van der Waals surface area contributed by atoms with Crippen LogP contribution in [0.4, 0.5) is 4.39 Å². The fourth-order valence-corrected chi connectivity index (χ4v) is 2.60. The molecule has 1 aliphatic rings. The predicted molar refractivity (Wildman–Crippen MR) is 63.8 cm³/mol. The van der Waals surface area contributed by atoms with E-state index < -0.39 is 23.6 Å². The van der Waals surface area contributed by atoms with Crippen LogP contribution < -0.4 is 0 Å².